The molecule has 7 heteroatoms. The summed E-state index contributed by atoms with van der Waals surface area (Å²) in [7, 11) is 0. The highest BCUT2D eigenvalue weighted by Gasteiger charge is 2.69. The first-order valence-corrected chi connectivity index (χ1v) is 9.70. The molecule has 1 saturated heterocycles. The molecule has 4 rings (SSSR count). The van der Waals surface area contributed by atoms with Crippen LogP contribution in [0.15, 0.2) is 12.2 Å². The predicted octanol–water partition coefficient (Wildman–Crippen LogP) is 1.54. The number of carbonyl (C=O) groups is 2. The van der Waals surface area contributed by atoms with Crippen molar-refractivity contribution in [1.29, 1.82) is 0 Å². The number of allylic oxidation sites excluding steroid dienone is 2. The number of nitrogens with one attached hydrogen (secondary N) is 1. The summed E-state index contributed by atoms with van der Waals surface area (Å²) >= 11 is 0. The molecule has 2 amide bonds. The van der Waals surface area contributed by atoms with Crippen LogP contribution in [0, 0.1) is 29.1 Å². The number of primary amides is 1. The van der Waals surface area contributed by atoms with Crippen LogP contribution in [-0.2, 0) is 9.59 Å². The number of hydrogen-bond acceptors (Lipinski definition) is 3. The number of nitrogens with zero attached hydrogens (tertiary/aromatic N) is 1. The van der Waals surface area contributed by atoms with Gasteiger partial charge in [0, 0.05) is 19.5 Å². The van der Waals surface area contributed by atoms with Crippen LogP contribution in [0.1, 0.15) is 32.1 Å². The molecule has 26 heavy (non-hydrogen) atoms. The number of rotatable bonds is 7. The average Bonchev–Trinajstić information content (AvgIpc) is 3.11. The van der Waals surface area contributed by atoms with E-state index < -0.39 is 5.92 Å². The number of amides is 2. The van der Waals surface area contributed by atoms with Crippen molar-refractivity contribution in [2.24, 2.45) is 34.8 Å². The molecule has 3 fully saturated rings. The van der Waals surface area contributed by atoms with Crippen molar-refractivity contribution in [1.82, 2.24) is 10.2 Å². The highest BCUT2D eigenvalue weighted by Crippen LogP contribution is 2.71. The molecular weight excluding hydrogens is 340 g/mol. The summed E-state index contributed by atoms with van der Waals surface area (Å²) in [4.78, 5) is 26.4. The summed E-state index contributed by atoms with van der Waals surface area (Å²) < 4.78 is 26.3. The van der Waals surface area contributed by atoms with Gasteiger partial charge in [-0.2, -0.15) is 0 Å². The van der Waals surface area contributed by atoms with Gasteiger partial charge in [-0.1, -0.05) is 12.2 Å². The van der Waals surface area contributed by atoms with Crippen LogP contribution in [0.3, 0.4) is 0 Å². The molecule has 0 radical (unpaired) electrons. The number of nitrogens with two attached hydrogens (primary N) is 1. The number of likely N-dealkylation sites (tertiary alicyclic amines) is 1. The number of carbonyl (C=O) groups excluding carboxylic acids is 2. The molecular formula is C19H27F2N3O2. The topological polar surface area (TPSA) is 75.4 Å². The van der Waals surface area contributed by atoms with Gasteiger partial charge in [-0.15, -0.1) is 0 Å². The summed E-state index contributed by atoms with van der Waals surface area (Å²) in [5.41, 5.74) is 5.72. The van der Waals surface area contributed by atoms with Gasteiger partial charge in [-0.25, -0.2) is 8.78 Å². The van der Waals surface area contributed by atoms with Crippen LogP contribution in [-0.4, -0.2) is 48.8 Å². The van der Waals surface area contributed by atoms with Crippen molar-refractivity contribution in [3.63, 3.8) is 0 Å². The Kier molecular flexibility index (Phi) is 4.33. The van der Waals surface area contributed by atoms with Gasteiger partial charge in [0.1, 0.15) is 0 Å². The number of halogens is 2. The highest BCUT2D eigenvalue weighted by atomic mass is 19.3. The van der Waals surface area contributed by atoms with E-state index in [9.17, 15) is 18.4 Å². The Bertz CT molecular complexity index is 632. The van der Waals surface area contributed by atoms with E-state index in [0.29, 0.717) is 19.6 Å². The van der Waals surface area contributed by atoms with Crippen LogP contribution in [0.4, 0.5) is 8.78 Å². The third-order valence-corrected chi connectivity index (χ3v) is 6.92. The first kappa shape index (κ1) is 17.9. The van der Waals surface area contributed by atoms with E-state index in [1.165, 1.54) is 0 Å². The zero-order valence-electron chi connectivity index (χ0n) is 14.9. The van der Waals surface area contributed by atoms with Gasteiger partial charge in [0.2, 0.25) is 11.8 Å². The maximum Gasteiger partial charge on any atom is 0.261 e. The monoisotopic (exact) mass is 367 g/mol. The lowest BCUT2D eigenvalue weighted by molar-refractivity contribution is -0.133. The summed E-state index contributed by atoms with van der Waals surface area (Å²) in [6, 6.07) is 0. The lowest BCUT2D eigenvalue weighted by Crippen LogP contribution is -2.42. The van der Waals surface area contributed by atoms with Crippen LogP contribution in [0.2, 0.25) is 0 Å². The van der Waals surface area contributed by atoms with Crippen molar-refractivity contribution < 1.29 is 18.4 Å². The molecule has 144 valence electrons. The molecule has 3 N–H and O–H groups in total. The van der Waals surface area contributed by atoms with Gasteiger partial charge >= 0.3 is 0 Å². The minimum atomic E-state index is -2.55. The predicted molar refractivity (Wildman–Crippen MR) is 92.2 cm³/mol. The summed E-state index contributed by atoms with van der Waals surface area (Å²) in [6.07, 6.45) is 7.80. The molecule has 2 bridgehead atoms. The van der Waals surface area contributed by atoms with E-state index in [4.69, 9.17) is 5.73 Å². The Hall–Kier alpha value is -1.50. The minimum Gasteiger partial charge on any atom is -0.369 e. The van der Waals surface area contributed by atoms with Gasteiger partial charge in [0.15, 0.2) is 0 Å². The fourth-order valence-corrected chi connectivity index (χ4v) is 5.53. The molecule has 4 atom stereocenters. The minimum absolute atomic E-state index is 0.0578. The lowest BCUT2D eigenvalue weighted by atomic mass is 9.82. The van der Waals surface area contributed by atoms with Crippen molar-refractivity contribution in [3.8, 4) is 0 Å². The standard InChI is InChI=1S/C19H27F2N3O2/c20-19(21)7-10-24(11-19)9-2-1-8-23-17(26)15-13-4-3-12(14(15)16(22)25)18(13)5-6-18/h3-4,12-15H,1-2,5-11H2,(H2,22,25)(H,23,26)/t12-,13+,14?,15?/m0/s1. The van der Waals surface area contributed by atoms with Crippen molar-refractivity contribution in [3.05, 3.63) is 12.2 Å². The van der Waals surface area contributed by atoms with Crippen LogP contribution in [0.25, 0.3) is 0 Å². The smallest absolute Gasteiger partial charge is 0.261 e. The zero-order chi connectivity index (χ0) is 18.5. The third kappa shape index (κ3) is 2.94. The van der Waals surface area contributed by atoms with Crippen molar-refractivity contribution >= 4 is 11.8 Å². The summed E-state index contributed by atoms with van der Waals surface area (Å²) in [5.74, 6) is -3.48. The van der Waals surface area contributed by atoms with Crippen molar-refractivity contribution in [2.75, 3.05) is 26.2 Å². The summed E-state index contributed by atoms with van der Waals surface area (Å²) in [5, 5.41) is 2.95. The first-order chi connectivity index (χ1) is 12.3. The molecule has 1 heterocycles. The highest BCUT2D eigenvalue weighted by molar-refractivity contribution is 5.89. The lowest BCUT2D eigenvalue weighted by Gasteiger charge is -2.24. The number of unbranched alkanes of at least 4 members (excludes halogenated alkanes) is 1. The SMILES string of the molecule is NC(=O)C1C(C(=O)NCCCCN2CCC(F)(F)C2)[C@H]2C=C[C@@H]1C21CC1. The first-order valence-electron chi connectivity index (χ1n) is 9.70. The molecule has 0 aromatic carbocycles. The van der Waals surface area contributed by atoms with Crippen LogP contribution in [0.5, 0.6) is 0 Å². The maximum absolute atomic E-state index is 13.1. The Labute approximate surface area is 152 Å². The molecule has 4 aliphatic rings. The van der Waals surface area contributed by atoms with Crippen LogP contribution < -0.4 is 11.1 Å². The van der Waals surface area contributed by atoms with Gasteiger partial charge in [0.05, 0.1) is 18.4 Å². The Morgan fingerprint density at radius 1 is 1.12 bits per heavy atom. The van der Waals surface area contributed by atoms with E-state index >= 15 is 0 Å². The van der Waals surface area contributed by atoms with Gasteiger partial charge in [0.25, 0.3) is 5.92 Å². The van der Waals surface area contributed by atoms with Crippen LogP contribution >= 0.6 is 0 Å². The Morgan fingerprint density at radius 2 is 1.81 bits per heavy atom. The molecule has 1 aliphatic heterocycles. The van der Waals surface area contributed by atoms with E-state index in [1.807, 2.05) is 0 Å². The van der Waals surface area contributed by atoms with E-state index in [-0.39, 0.29) is 53.9 Å². The second-order valence-corrected chi connectivity index (χ2v) is 8.50. The molecule has 1 spiro atoms. The molecule has 3 aliphatic carbocycles. The molecule has 5 nitrogen and oxygen atoms in total. The molecule has 0 aromatic rings. The average molecular weight is 367 g/mol. The second kappa shape index (κ2) is 6.29. The number of hydrogen-bond donors (Lipinski definition) is 2. The van der Waals surface area contributed by atoms with Gasteiger partial charge in [-0.05, 0) is 49.5 Å². The van der Waals surface area contributed by atoms with E-state index in [1.54, 1.807) is 4.90 Å². The molecule has 2 unspecified atom stereocenters. The summed E-state index contributed by atoms with van der Waals surface area (Å²) in [6.45, 7) is 1.44. The van der Waals surface area contributed by atoms with Crippen molar-refractivity contribution in [2.45, 2.75) is 38.0 Å². The zero-order valence-corrected chi connectivity index (χ0v) is 14.9. The third-order valence-electron chi connectivity index (χ3n) is 6.92. The van der Waals surface area contributed by atoms with E-state index in [2.05, 4.69) is 17.5 Å². The number of alkyl halides is 2. The van der Waals surface area contributed by atoms with Gasteiger partial charge < -0.3 is 11.1 Å². The normalized spacial score (nSPS) is 35.9. The quantitative estimate of drug-likeness (QED) is 0.529. The molecule has 2 saturated carbocycles. The fraction of sp³-hybridized carbons (Fsp3) is 0.789. The van der Waals surface area contributed by atoms with Gasteiger partial charge in [-0.3, -0.25) is 14.5 Å². The largest absolute Gasteiger partial charge is 0.369 e. The fourth-order valence-electron chi connectivity index (χ4n) is 5.53. The van der Waals surface area contributed by atoms with E-state index in [0.717, 1.165) is 25.7 Å². The molecule has 0 aromatic heterocycles. The second-order valence-electron chi connectivity index (χ2n) is 8.50. The maximum atomic E-state index is 13.1. The Balaban J connectivity index is 1.24. The Morgan fingerprint density at radius 3 is 2.38 bits per heavy atom.